The highest BCUT2D eigenvalue weighted by Crippen LogP contribution is 2.26. The molecule has 0 amide bonds. The molecule has 5 heteroatoms. The molecule has 0 aliphatic carbocycles. The van der Waals surface area contributed by atoms with E-state index in [4.69, 9.17) is 27.2 Å². The summed E-state index contributed by atoms with van der Waals surface area (Å²) in [5.74, 6) is -0.443. The number of aromatic carboxylic acids is 1. The Balaban J connectivity index is 2.06. The van der Waals surface area contributed by atoms with Gasteiger partial charge in [-0.25, -0.2) is 4.79 Å². The zero-order valence-corrected chi connectivity index (χ0v) is 10.7. The number of rotatable bonds is 4. The van der Waals surface area contributed by atoms with Crippen molar-refractivity contribution in [3.05, 3.63) is 58.6 Å². The lowest BCUT2D eigenvalue weighted by atomic mass is 10.1. The summed E-state index contributed by atoms with van der Waals surface area (Å²) in [6, 6.07) is 11.5. The third kappa shape index (κ3) is 3.39. The first kappa shape index (κ1) is 13.2. The second-order valence-corrected chi connectivity index (χ2v) is 4.41. The molecule has 0 saturated carbocycles. The SMILES string of the molecule is Nc1ccc(Cl)cc1OCc1ccc(C(=O)O)cc1. The Labute approximate surface area is 115 Å². The Hall–Kier alpha value is -2.20. The molecule has 0 spiro atoms. The molecule has 0 radical (unpaired) electrons. The molecular weight excluding hydrogens is 266 g/mol. The Kier molecular flexibility index (Phi) is 3.92. The molecule has 3 N–H and O–H groups in total. The number of ether oxygens (including phenoxy) is 1. The molecule has 0 atom stereocenters. The van der Waals surface area contributed by atoms with Crippen LogP contribution in [-0.4, -0.2) is 11.1 Å². The van der Waals surface area contributed by atoms with Crippen molar-refractivity contribution in [3.8, 4) is 5.75 Å². The van der Waals surface area contributed by atoms with Crippen molar-refractivity contribution in [3.63, 3.8) is 0 Å². The van der Waals surface area contributed by atoms with E-state index in [0.29, 0.717) is 23.1 Å². The Morgan fingerprint density at radius 2 is 1.89 bits per heavy atom. The molecule has 0 fully saturated rings. The number of carboxylic acids is 1. The van der Waals surface area contributed by atoms with Gasteiger partial charge >= 0.3 is 5.97 Å². The first-order valence-corrected chi connectivity index (χ1v) is 5.94. The molecule has 0 heterocycles. The summed E-state index contributed by atoms with van der Waals surface area (Å²) in [6.07, 6.45) is 0. The lowest BCUT2D eigenvalue weighted by molar-refractivity contribution is 0.0697. The molecule has 19 heavy (non-hydrogen) atoms. The van der Waals surface area contributed by atoms with E-state index in [9.17, 15) is 4.79 Å². The van der Waals surface area contributed by atoms with Gasteiger partial charge in [0.2, 0.25) is 0 Å². The topological polar surface area (TPSA) is 72.5 Å². The van der Waals surface area contributed by atoms with Crippen molar-refractivity contribution in [2.24, 2.45) is 0 Å². The molecule has 98 valence electrons. The molecule has 0 bridgehead atoms. The molecule has 0 unspecified atom stereocenters. The summed E-state index contributed by atoms with van der Waals surface area (Å²) < 4.78 is 5.55. The standard InChI is InChI=1S/C14H12ClNO3/c15-11-5-6-12(16)13(7-11)19-8-9-1-3-10(4-2-9)14(17)18/h1-7H,8,16H2,(H,17,18). The van der Waals surface area contributed by atoms with E-state index in [0.717, 1.165) is 5.56 Å². The zero-order valence-electron chi connectivity index (χ0n) is 9.97. The van der Waals surface area contributed by atoms with Crippen LogP contribution in [0.5, 0.6) is 5.75 Å². The zero-order chi connectivity index (χ0) is 13.8. The molecule has 0 aliphatic rings. The van der Waals surface area contributed by atoms with Crippen LogP contribution in [0.15, 0.2) is 42.5 Å². The number of hydrogen-bond acceptors (Lipinski definition) is 3. The van der Waals surface area contributed by atoms with Gasteiger partial charge in [-0.2, -0.15) is 0 Å². The maximum atomic E-state index is 10.7. The summed E-state index contributed by atoms with van der Waals surface area (Å²) in [7, 11) is 0. The van der Waals surface area contributed by atoms with Gasteiger partial charge in [0.15, 0.2) is 0 Å². The maximum absolute atomic E-state index is 10.7. The molecule has 2 rings (SSSR count). The van der Waals surface area contributed by atoms with Gasteiger partial charge in [-0.15, -0.1) is 0 Å². The van der Waals surface area contributed by atoms with E-state index >= 15 is 0 Å². The highest BCUT2D eigenvalue weighted by atomic mass is 35.5. The number of carbonyl (C=O) groups is 1. The third-order valence-corrected chi connectivity index (χ3v) is 2.81. The number of nitrogen functional groups attached to an aromatic ring is 1. The first-order chi connectivity index (χ1) is 9.06. The largest absolute Gasteiger partial charge is 0.487 e. The van der Waals surface area contributed by atoms with Crippen molar-refractivity contribution in [1.29, 1.82) is 0 Å². The monoisotopic (exact) mass is 277 g/mol. The minimum absolute atomic E-state index is 0.242. The van der Waals surface area contributed by atoms with Crippen LogP contribution in [0.2, 0.25) is 5.02 Å². The number of halogens is 1. The Morgan fingerprint density at radius 3 is 2.53 bits per heavy atom. The average Bonchev–Trinajstić information content (AvgIpc) is 2.40. The molecule has 0 aromatic heterocycles. The molecule has 2 aromatic rings. The average molecular weight is 278 g/mol. The van der Waals surface area contributed by atoms with Gasteiger partial charge in [0.1, 0.15) is 12.4 Å². The molecule has 0 aliphatic heterocycles. The number of carboxylic acid groups (broad SMARTS) is 1. The lowest BCUT2D eigenvalue weighted by Crippen LogP contribution is -2.00. The summed E-state index contributed by atoms with van der Waals surface area (Å²) in [5, 5.41) is 9.33. The van der Waals surface area contributed by atoms with Gasteiger partial charge in [-0.3, -0.25) is 0 Å². The van der Waals surface area contributed by atoms with E-state index < -0.39 is 5.97 Å². The van der Waals surface area contributed by atoms with Crippen LogP contribution < -0.4 is 10.5 Å². The van der Waals surface area contributed by atoms with Gasteiger partial charge in [-0.05, 0) is 29.8 Å². The van der Waals surface area contributed by atoms with Crippen LogP contribution in [0.25, 0.3) is 0 Å². The van der Waals surface area contributed by atoms with Crippen molar-refractivity contribution < 1.29 is 14.6 Å². The van der Waals surface area contributed by atoms with Gasteiger partial charge in [-0.1, -0.05) is 23.7 Å². The fourth-order valence-electron chi connectivity index (χ4n) is 1.54. The van der Waals surface area contributed by atoms with Crippen LogP contribution in [0, 0.1) is 0 Å². The van der Waals surface area contributed by atoms with E-state index in [2.05, 4.69) is 0 Å². The fourth-order valence-corrected chi connectivity index (χ4v) is 1.70. The normalized spacial score (nSPS) is 10.2. The lowest BCUT2D eigenvalue weighted by Gasteiger charge is -2.09. The summed E-state index contributed by atoms with van der Waals surface area (Å²) in [4.78, 5) is 10.7. The van der Waals surface area contributed by atoms with Crippen molar-refractivity contribution >= 4 is 23.3 Å². The predicted molar refractivity (Wildman–Crippen MR) is 73.6 cm³/mol. The van der Waals surface area contributed by atoms with Gasteiger partial charge in [0.05, 0.1) is 11.3 Å². The second kappa shape index (κ2) is 5.63. The molecule has 2 aromatic carbocycles. The molecule has 4 nitrogen and oxygen atoms in total. The van der Waals surface area contributed by atoms with Crippen LogP contribution in [-0.2, 0) is 6.61 Å². The Morgan fingerprint density at radius 1 is 1.21 bits per heavy atom. The number of hydrogen-bond donors (Lipinski definition) is 2. The summed E-state index contributed by atoms with van der Waals surface area (Å²) in [5.41, 5.74) is 7.36. The van der Waals surface area contributed by atoms with Crippen LogP contribution in [0.4, 0.5) is 5.69 Å². The number of benzene rings is 2. The van der Waals surface area contributed by atoms with Crippen LogP contribution in [0.1, 0.15) is 15.9 Å². The molecular formula is C14H12ClNO3. The van der Waals surface area contributed by atoms with Gasteiger partial charge < -0.3 is 15.6 Å². The fraction of sp³-hybridized carbons (Fsp3) is 0.0714. The summed E-state index contributed by atoms with van der Waals surface area (Å²) >= 11 is 5.85. The van der Waals surface area contributed by atoms with Crippen molar-refractivity contribution in [2.45, 2.75) is 6.61 Å². The van der Waals surface area contributed by atoms with Crippen molar-refractivity contribution in [1.82, 2.24) is 0 Å². The number of nitrogens with two attached hydrogens (primary N) is 1. The highest BCUT2D eigenvalue weighted by Gasteiger charge is 2.04. The predicted octanol–water partition coefficient (Wildman–Crippen LogP) is 3.20. The first-order valence-electron chi connectivity index (χ1n) is 5.56. The minimum Gasteiger partial charge on any atom is -0.487 e. The smallest absolute Gasteiger partial charge is 0.335 e. The van der Waals surface area contributed by atoms with E-state index in [1.807, 2.05) is 0 Å². The number of anilines is 1. The highest BCUT2D eigenvalue weighted by molar-refractivity contribution is 6.30. The van der Waals surface area contributed by atoms with E-state index in [1.165, 1.54) is 12.1 Å². The van der Waals surface area contributed by atoms with Gasteiger partial charge in [0.25, 0.3) is 0 Å². The minimum atomic E-state index is -0.952. The maximum Gasteiger partial charge on any atom is 0.335 e. The van der Waals surface area contributed by atoms with Crippen LogP contribution >= 0.6 is 11.6 Å². The van der Waals surface area contributed by atoms with Crippen molar-refractivity contribution in [2.75, 3.05) is 5.73 Å². The Bertz CT molecular complexity index is 596. The van der Waals surface area contributed by atoms with E-state index in [-0.39, 0.29) is 5.56 Å². The molecule has 0 saturated heterocycles. The van der Waals surface area contributed by atoms with E-state index in [1.54, 1.807) is 30.3 Å². The van der Waals surface area contributed by atoms with Gasteiger partial charge in [0, 0.05) is 11.1 Å². The second-order valence-electron chi connectivity index (χ2n) is 3.97. The quantitative estimate of drug-likeness (QED) is 0.842. The van der Waals surface area contributed by atoms with Crippen LogP contribution in [0.3, 0.4) is 0 Å². The summed E-state index contributed by atoms with van der Waals surface area (Å²) in [6.45, 7) is 0.296. The third-order valence-electron chi connectivity index (χ3n) is 2.57.